The Morgan fingerprint density at radius 2 is 2.00 bits per heavy atom. The van der Waals surface area contributed by atoms with Crippen molar-refractivity contribution in [2.24, 2.45) is 5.41 Å². The molecule has 1 aliphatic heterocycles. The number of benzene rings is 1. The molecule has 88 valence electrons. The van der Waals surface area contributed by atoms with E-state index in [-0.39, 0.29) is 11.0 Å². The summed E-state index contributed by atoms with van der Waals surface area (Å²) in [4.78, 5) is 0. The number of rotatable bonds is 0. The molecule has 0 N–H and O–H groups in total. The molecule has 17 heavy (non-hydrogen) atoms. The molecule has 0 radical (unpaired) electrons. The Balaban J connectivity index is 2.43. The molecule has 0 amide bonds. The quantitative estimate of drug-likeness (QED) is 0.676. The van der Waals surface area contributed by atoms with E-state index in [1.165, 1.54) is 0 Å². The van der Waals surface area contributed by atoms with Gasteiger partial charge >= 0.3 is 0 Å². The third kappa shape index (κ3) is 1.93. The summed E-state index contributed by atoms with van der Waals surface area (Å²) < 4.78 is 6.09. The second kappa shape index (κ2) is 3.63. The van der Waals surface area contributed by atoms with E-state index < -0.39 is 0 Å². The maximum absolute atomic E-state index is 8.86. The van der Waals surface area contributed by atoms with Crippen LogP contribution in [0.25, 0.3) is 6.08 Å². The van der Waals surface area contributed by atoms with Gasteiger partial charge in [0.25, 0.3) is 0 Å². The second-order valence-corrected chi connectivity index (χ2v) is 5.66. The zero-order chi connectivity index (χ0) is 12.7. The van der Waals surface area contributed by atoms with Crippen LogP contribution in [0.3, 0.4) is 0 Å². The van der Waals surface area contributed by atoms with Crippen LogP contribution in [-0.2, 0) is 0 Å². The first-order chi connectivity index (χ1) is 7.86. The molecule has 0 aromatic heterocycles. The predicted octanol–water partition coefficient (Wildman–Crippen LogP) is 3.77. The maximum atomic E-state index is 8.86. The van der Waals surface area contributed by atoms with Gasteiger partial charge in [-0.1, -0.05) is 26.8 Å². The predicted molar refractivity (Wildman–Crippen MR) is 68.7 cm³/mol. The van der Waals surface area contributed by atoms with Gasteiger partial charge < -0.3 is 4.74 Å². The molecule has 0 fully saturated rings. The van der Waals surface area contributed by atoms with Crippen molar-refractivity contribution < 1.29 is 4.74 Å². The largest absolute Gasteiger partial charge is 0.482 e. The average Bonchev–Trinajstić information content (AvgIpc) is 2.27. The molecule has 2 rings (SSSR count). The monoisotopic (exact) mass is 227 g/mol. The van der Waals surface area contributed by atoms with Crippen molar-refractivity contribution >= 4 is 6.08 Å². The number of nitriles is 1. The van der Waals surface area contributed by atoms with Crippen LogP contribution < -0.4 is 4.74 Å². The van der Waals surface area contributed by atoms with E-state index in [2.05, 4.69) is 39.8 Å². The van der Waals surface area contributed by atoms with Crippen molar-refractivity contribution in [2.75, 3.05) is 0 Å². The Bertz CT molecular complexity index is 517. The Morgan fingerprint density at radius 1 is 1.29 bits per heavy atom. The lowest BCUT2D eigenvalue weighted by molar-refractivity contribution is 0.0264. The van der Waals surface area contributed by atoms with Gasteiger partial charge in [-0.25, -0.2) is 0 Å². The Morgan fingerprint density at radius 3 is 2.59 bits per heavy atom. The highest BCUT2D eigenvalue weighted by Gasteiger charge is 2.39. The van der Waals surface area contributed by atoms with Gasteiger partial charge in [-0.15, -0.1) is 0 Å². The van der Waals surface area contributed by atoms with Crippen LogP contribution in [0.2, 0.25) is 0 Å². The average molecular weight is 227 g/mol. The van der Waals surface area contributed by atoms with Gasteiger partial charge in [-0.05, 0) is 31.2 Å². The van der Waals surface area contributed by atoms with E-state index in [1.807, 2.05) is 18.2 Å². The van der Waals surface area contributed by atoms with Crippen molar-refractivity contribution in [1.29, 1.82) is 5.26 Å². The topological polar surface area (TPSA) is 33.0 Å². The van der Waals surface area contributed by atoms with Crippen molar-refractivity contribution in [3.05, 3.63) is 35.4 Å². The van der Waals surface area contributed by atoms with E-state index >= 15 is 0 Å². The number of hydrogen-bond donors (Lipinski definition) is 0. The zero-order valence-electron chi connectivity index (χ0n) is 10.7. The summed E-state index contributed by atoms with van der Waals surface area (Å²) in [6.07, 6.45) is 4.13. The van der Waals surface area contributed by atoms with Crippen LogP contribution in [0.15, 0.2) is 24.3 Å². The van der Waals surface area contributed by atoms with Crippen molar-refractivity contribution in [2.45, 2.75) is 33.3 Å². The Kier molecular flexibility index (Phi) is 2.50. The molecule has 0 saturated carbocycles. The van der Waals surface area contributed by atoms with Gasteiger partial charge in [0.05, 0.1) is 11.6 Å². The Hall–Kier alpha value is -1.75. The van der Waals surface area contributed by atoms with Gasteiger partial charge in [0.1, 0.15) is 11.4 Å². The molecule has 2 heteroatoms. The fourth-order valence-electron chi connectivity index (χ4n) is 1.76. The van der Waals surface area contributed by atoms with Gasteiger partial charge in [0.2, 0.25) is 0 Å². The molecule has 0 aliphatic carbocycles. The molecule has 0 spiro atoms. The minimum atomic E-state index is -0.311. The van der Waals surface area contributed by atoms with Crippen LogP contribution >= 0.6 is 0 Å². The maximum Gasteiger partial charge on any atom is 0.129 e. The SMILES string of the molecule is CC(C)(C)C1(C)C=Cc2cc(C#N)ccc2O1. The van der Waals surface area contributed by atoms with E-state index in [0.29, 0.717) is 5.56 Å². The molecule has 0 saturated heterocycles. The van der Waals surface area contributed by atoms with E-state index in [4.69, 9.17) is 10.00 Å². The lowest BCUT2D eigenvalue weighted by Gasteiger charge is -2.42. The number of ether oxygens (including phenoxy) is 1. The molecule has 2 nitrogen and oxygen atoms in total. The van der Waals surface area contributed by atoms with Crippen LogP contribution in [0.5, 0.6) is 5.75 Å². The number of fused-ring (bicyclic) bond motifs is 1. The molecule has 1 unspecified atom stereocenters. The summed E-state index contributed by atoms with van der Waals surface area (Å²) in [5.41, 5.74) is 1.35. The van der Waals surface area contributed by atoms with E-state index in [1.54, 1.807) is 6.07 Å². The second-order valence-electron chi connectivity index (χ2n) is 5.66. The van der Waals surface area contributed by atoms with Crippen molar-refractivity contribution in [1.82, 2.24) is 0 Å². The van der Waals surface area contributed by atoms with Gasteiger partial charge in [-0.2, -0.15) is 5.26 Å². The molecular weight excluding hydrogens is 210 g/mol. The van der Waals surface area contributed by atoms with Crippen molar-refractivity contribution in [3.8, 4) is 11.8 Å². The van der Waals surface area contributed by atoms with Crippen LogP contribution in [0.4, 0.5) is 0 Å². The molecular formula is C15H17NO. The molecule has 1 atom stereocenters. The lowest BCUT2D eigenvalue weighted by atomic mass is 9.76. The molecule has 1 aromatic carbocycles. The zero-order valence-corrected chi connectivity index (χ0v) is 10.7. The highest BCUT2D eigenvalue weighted by atomic mass is 16.5. The summed E-state index contributed by atoms with van der Waals surface area (Å²) in [6, 6.07) is 7.66. The minimum absolute atomic E-state index is 0.0229. The Labute approximate surface area is 103 Å². The number of nitrogens with zero attached hydrogens (tertiary/aromatic N) is 1. The minimum Gasteiger partial charge on any atom is -0.482 e. The van der Waals surface area contributed by atoms with Gasteiger partial charge in [0.15, 0.2) is 0 Å². The highest BCUT2D eigenvalue weighted by molar-refractivity contribution is 5.63. The van der Waals surface area contributed by atoms with E-state index in [0.717, 1.165) is 11.3 Å². The summed E-state index contributed by atoms with van der Waals surface area (Å²) in [5.74, 6) is 0.851. The molecule has 1 aliphatic rings. The smallest absolute Gasteiger partial charge is 0.129 e. The fraction of sp³-hybridized carbons (Fsp3) is 0.400. The summed E-state index contributed by atoms with van der Waals surface area (Å²) in [6.45, 7) is 8.56. The first-order valence-corrected chi connectivity index (χ1v) is 5.78. The van der Waals surface area contributed by atoms with Gasteiger partial charge in [-0.3, -0.25) is 0 Å². The summed E-state index contributed by atoms with van der Waals surface area (Å²) in [5, 5.41) is 8.86. The number of hydrogen-bond acceptors (Lipinski definition) is 2. The van der Waals surface area contributed by atoms with Crippen LogP contribution in [0, 0.1) is 16.7 Å². The normalized spacial score (nSPS) is 22.5. The molecule has 1 heterocycles. The third-order valence-corrected chi connectivity index (χ3v) is 3.53. The summed E-state index contributed by atoms with van der Waals surface area (Å²) in [7, 11) is 0. The first-order valence-electron chi connectivity index (χ1n) is 5.78. The first kappa shape index (κ1) is 11.7. The molecule has 1 aromatic rings. The summed E-state index contributed by atoms with van der Waals surface area (Å²) >= 11 is 0. The standard InChI is InChI=1S/C15H17NO/c1-14(2,3)15(4)8-7-12-9-11(10-16)5-6-13(12)17-15/h5-9H,1-4H3. The van der Waals surface area contributed by atoms with Crippen molar-refractivity contribution in [3.63, 3.8) is 0 Å². The van der Waals surface area contributed by atoms with Crippen LogP contribution in [0.1, 0.15) is 38.8 Å². The third-order valence-electron chi connectivity index (χ3n) is 3.53. The fourth-order valence-corrected chi connectivity index (χ4v) is 1.76. The van der Waals surface area contributed by atoms with E-state index in [9.17, 15) is 0 Å². The highest BCUT2D eigenvalue weighted by Crippen LogP contribution is 2.41. The van der Waals surface area contributed by atoms with Gasteiger partial charge in [0, 0.05) is 11.0 Å². The van der Waals surface area contributed by atoms with Crippen LogP contribution in [-0.4, -0.2) is 5.60 Å². The molecule has 0 bridgehead atoms. The lowest BCUT2D eigenvalue weighted by Crippen LogP contribution is -2.44.